The summed E-state index contributed by atoms with van der Waals surface area (Å²) in [4.78, 5) is 26.1. The van der Waals surface area contributed by atoms with E-state index >= 15 is 0 Å². The van der Waals surface area contributed by atoms with E-state index in [9.17, 15) is 9.59 Å². The van der Waals surface area contributed by atoms with Crippen molar-refractivity contribution in [2.24, 2.45) is 0 Å². The standard InChI is InChI=1S/C16H20BrNO3/c1-11-6-5-7-12(2)18(11)15(19)10-21-16(20)13-8-3-4-9-14(13)17/h3-4,8-9,11-12H,5-7,10H2,1-2H3/t11-,12+. The average molecular weight is 354 g/mol. The minimum atomic E-state index is -0.479. The van der Waals surface area contributed by atoms with E-state index in [2.05, 4.69) is 15.9 Å². The highest BCUT2D eigenvalue weighted by Crippen LogP contribution is 2.23. The molecule has 2 rings (SSSR count). The van der Waals surface area contributed by atoms with Gasteiger partial charge in [-0.05, 0) is 61.2 Å². The molecule has 1 fully saturated rings. The molecule has 1 aromatic carbocycles. The van der Waals surface area contributed by atoms with Gasteiger partial charge in [-0.2, -0.15) is 0 Å². The summed E-state index contributed by atoms with van der Waals surface area (Å²) in [5, 5.41) is 0. The van der Waals surface area contributed by atoms with Gasteiger partial charge in [-0.15, -0.1) is 0 Å². The van der Waals surface area contributed by atoms with E-state index in [1.54, 1.807) is 18.2 Å². The molecule has 0 aromatic heterocycles. The maximum atomic E-state index is 12.3. The lowest BCUT2D eigenvalue weighted by Gasteiger charge is -2.38. The minimum absolute atomic E-state index is 0.116. The molecule has 0 radical (unpaired) electrons. The zero-order valence-electron chi connectivity index (χ0n) is 12.3. The van der Waals surface area contributed by atoms with Crippen LogP contribution < -0.4 is 0 Å². The van der Waals surface area contributed by atoms with Gasteiger partial charge < -0.3 is 9.64 Å². The van der Waals surface area contributed by atoms with Crippen LogP contribution in [0.1, 0.15) is 43.5 Å². The quantitative estimate of drug-likeness (QED) is 0.782. The molecule has 0 N–H and O–H groups in total. The third-order valence-corrected chi connectivity index (χ3v) is 4.59. The second-order valence-corrected chi connectivity index (χ2v) is 6.34. The van der Waals surface area contributed by atoms with Crippen molar-refractivity contribution in [2.45, 2.75) is 45.2 Å². The van der Waals surface area contributed by atoms with Crippen LogP contribution in [-0.2, 0) is 9.53 Å². The third kappa shape index (κ3) is 3.84. The summed E-state index contributed by atoms with van der Waals surface area (Å²) in [5.74, 6) is -0.594. The molecule has 0 unspecified atom stereocenters. The van der Waals surface area contributed by atoms with Gasteiger partial charge in [0.05, 0.1) is 5.56 Å². The first-order valence-electron chi connectivity index (χ1n) is 7.23. The molecule has 1 heterocycles. The second-order valence-electron chi connectivity index (χ2n) is 5.49. The fourth-order valence-corrected chi connectivity index (χ4v) is 3.27. The van der Waals surface area contributed by atoms with Gasteiger partial charge in [0.15, 0.2) is 6.61 Å². The van der Waals surface area contributed by atoms with E-state index in [1.807, 2.05) is 24.8 Å². The van der Waals surface area contributed by atoms with E-state index in [-0.39, 0.29) is 24.6 Å². The van der Waals surface area contributed by atoms with Gasteiger partial charge in [-0.25, -0.2) is 4.79 Å². The first kappa shape index (κ1) is 16.0. The summed E-state index contributed by atoms with van der Waals surface area (Å²) in [6, 6.07) is 7.45. The Balaban J connectivity index is 1.95. The Labute approximate surface area is 133 Å². The number of carbonyl (C=O) groups is 2. The second kappa shape index (κ2) is 7.07. The Bertz CT molecular complexity index is 522. The van der Waals surface area contributed by atoms with Crippen LogP contribution in [0.3, 0.4) is 0 Å². The van der Waals surface area contributed by atoms with Crippen LogP contribution in [0, 0.1) is 0 Å². The molecular formula is C16H20BrNO3. The van der Waals surface area contributed by atoms with Crippen molar-refractivity contribution >= 4 is 27.8 Å². The number of esters is 1. The van der Waals surface area contributed by atoms with Crippen LogP contribution in [0.2, 0.25) is 0 Å². The highest BCUT2D eigenvalue weighted by molar-refractivity contribution is 9.10. The van der Waals surface area contributed by atoms with Crippen molar-refractivity contribution in [3.8, 4) is 0 Å². The number of piperidine rings is 1. The van der Waals surface area contributed by atoms with Crippen molar-refractivity contribution in [3.05, 3.63) is 34.3 Å². The number of hydrogen-bond donors (Lipinski definition) is 0. The Morgan fingerprint density at radius 2 is 1.86 bits per heavy atom. The van der Waals surface area contributed by atoms with E-state index in [0.29, 0.717) is 10.0 Å². The molecule has 1 saturated heterocycles. The monoisotopic (exact) mass is 353 g/mol. The lowest BCUT2D eigenvalue weighted by molar-refractivity contribution is -0.140. The van der Waals surface area contributed by atoms with Crippen LogP contribution >= 0.6 is 15.9 Å². The van der Waals surface area contributed by atoms with Crippen molar-refractivity contribution in [3.63, 3.8) is 0 Å². The first-order chi connectivity index (χ1) is 10.0. The SMILES string of the molecule is C[C@@H]1CCC[C@H](C)N1C(=O)COC(=O)c1ccccc1Br. The predicted molar refractivity (Wildman–Crippen MR) is 84.0 cm³/mol. The first-order valence-corrected chi connectivity index (χ1v) is 8.03. The predicted octanol–water partition coefficient (Wildman–Crippen LogP) is 3.40. The lowest BCUT2D eigenvalue weighted by atomic mass is 9.97. The zero-order chi connectivity index (χ0) is 15.4. The summed E-state index contributed by atoms with van der Waals surface area (Å²) in [6.45, 7) is 3.89. The molecule has 1 amide bonds. The topological polar surface area (TPSA) is 46.6 Å². The largest absolute Gasteiger partial charge is 0.452 e. The average Bonchev–Trinajstić information content (AvgIpc) is 2.45. The number of hydrogen-bond acceptors (Lipinski definition) is 3. The number of benzene rings is 1. The van der Waals surface area contributed by atoms with Crippen molar-refractivity contribution < 1.29 is 14.3 Å². The maximum Gasteiger partial charge on any atom is 0.339 e. The molecule has 1 aliphatic rings. The van der Waals surface area contributed by atoms with Gasteiger partial charge in [0, 0.05) is 16.6 Å². The number of likely N-dealkylation sites (tertiary alicyclic amines) is 1. The highest BCUT2D eigenvalue weighted by atomic mass is 79.9. The van der Waals surface area contributed by atoms with Crippen LogP contribution in [0.5, 0.6) is 0 Å². The normalized spacial score (nSPS) is 22.0. The van der Waals surface area contributed by atoms with Crippen LogP contribution in [0.25, 0.3) is 0 Å². The van der Waals surface area contributed by atoms with E-state index in [1.165, 1.54) is 0 Å². The van der Waals surface area contributed by atoms with Gasteiger partial charge in [0.1, 0.15) is 0 Å². The lowest BCUT2D eigenvalue weighted by Crippen LogP contribution is -2.49. The molecule has 21 heavy (non-hydrogen) atoms. The molecule has 0 bridgehead atoms. The molecule has 4 nitrogen and oxygen atoms in total. The van der Waals surface area contributed by atoms with E-state index < -0.39 is 5.97 Å². The summed E-state index contributed by atoms with van der Waals surface area (Å²) < 4.78 is 5.83. The van der Waals surface area contributed by atoms with Crippen LogP contribution in [0.15, 0.2) is 28.7 Å². The van der Waals surface area contributed by atoms with Crippen molar-refractivity contribution in [2.75, 3.05) is 6.61 Å². The smallest absolute Gasteiger partial charge is 0.339 e. The third-order valence-electron chi connectivity index (χ3n) is 3.90. The van der Waals surface area contributed by atoms with Crippen molar-refractivity contribution in [1.82, 2.24) is 4.90 Å². The summed E-state index contributed by atoms with van der Waals surface area (Å²) >= 11 is 3.30. The molecule has 0 aliphatic carbocycles. The summed E-state index contributed by atoms with van der Waals surface area (Å²) in [7, 11) is 0. The van der Waals surface area contributed by atoms with Gasteiger partial charge in [0.25, 0.3) is 5.91 Å². The van der Waals surface area contributed by atoms with Gasteiger partial charge in [-0.1, -0.05) is 12.1 Å². The number of carbonyl (C=O) groups excluding carboxylic acids is 2. The van der Waals surface area contributed by atoms with E-state index in [4.69, 9.17) is 4.74 Å². The molecule has 1 aromatic rings. The molecule has 0 saturated carbocycles. The molecule has 2 atom stereocenters. The molecule has 114 valence electrons. The van der Waals surface area contributed by atoms with E-state index in [0.717, 1.165) is 19.3 Å². The Kier molecular flexibility index (Phi) is 5.39. The van der Waals surface area contributed by atoms with Crippen LogP contribution in [-0.4, -0.2) is 35.5 Å². The Hall–Kier alpha value is -1.36. The number of nitrogens with zero attached hydrogens (tertiary/aromatic N) is 1. The molecule has 0 spiro atoms. The van der Waals surface area contributed by atoms with Gasteiger partial charge >= 0.3 is 5.97 Å². The van der Waals surface area contributed by atoms with Crippen molar-refractivity contribution in [1.29, 1.82) is 0 Å². The Morgan fingerprint density at radius 3 is 2.48 bits per heavy atom. The molecule has 1 aliphatic heterocycles. The summed E-state index contributed by atoms with van der Waals surface area (Å²) in [5.41, 5.74) is 0.435. The number of amides is 1. The number of ether oxygens (including phenoxy) is 1. The molecular weight excluding hydrogens is 334 g/mol. The zero-order valence-corrected chi connectivity index (χ0v) is 13.9. The number of halogens is 1. The number of rotatable bonds is 3. The Morgan fingerprint density at radius 1 is 1.24 bits per heavy atom. The highest BCUT2D eigenvalue weighted by Gasteiger charge is 2.29. The van der Waals surface area contributed by atoms with Crippen LogP contribution in [0.4, 0.5) is 0 Å². The summed E-state index contributed by atoms with van der Waals surface area (Å²) in [6.07, 6.45) is 3.16. The fourth-order valence-electron chi connectivity index (χ4n) is 2.82. The van der Waals surface area contributed by atoms with Gasteiger partial charge in [-0.3, -0.25) is 4.79 Å². The van der Waals surface area contributed by atoms with Gasteiger partial charge in [0.2, 0.25) is 0 Å². The molecule has 5 heteroatoms. The minimum Gasteiger partial charge on any atom is -0.452 e. The fraction of sp³-hybridized carbons (Fsp3) is 0.500. The maximum absolute atomic E-state index is 12.3.